The fourth-order valence-electron chi connectivity index (χ4n) is 4.58. The summed E-state index contributed by atoms with van der Waals surface area (Å²) in [7, 11) is 0. The van der Waals surface area contributed by atoms with E-state index in [4.69, 9.17) is 0 Å². The van der Waals surface area contributed by atoms with E-state index in [2.05, 4.69) is 60.5 Å². The van der Waals surface area contributed by atoms with Crippen LogP contribution in [0.1, 0.15) is 18.4 Å². The molecule has 0 spiro atoms. The third kappa shape index (κ3) is 2.90. The van der Waals surface area contributed by atoms with Crippen molar-refractivity contribution in [3.63, 3.8) is 0 Å². The van der Waals surface area contributed by atoms with Crippen molar-refractivity contribution < 1.29 is 0 Å². The minimum atomic E-state index is 0.445. The van der Waals surface area contributed by atoms with Gasteiger partial charge in [0.2, 0.25) is 0 Å². The highest BCUT2D eigenvalue weighted by Gasteiger charge is 2.42. The second kappa shape index (κ2) is 6.61. The van der Waals surface area contributed by atoms with Crippen LogP contribution in [0.5, 0.6) is 0 Å². The van der Waals surface area contributed by atoms with Gasteiger partial charge in [-0.05, 0) is 30.2 Å². The van der Waals surface area contributed by atoms with Crippen LogP contribution in [0.4, 0.5) is 5.82 Å². The number of aromatic nitrogens is 4. The van der Waals surface area contributed by atoms with Crippen molar-refractivity contribution in [3.05, 3.63) is 54.6 Å². The van der Waals surface area contributed by atoms with Crippen LogP contribution in [0, 0.1) is 11.8 Å². The highest BCUT2D eigenvalue weighted by molar-refractivity contribution is 5.81. The van der Waals surface area contributed by atoms with Gasteiger partial charge in [-0.25, -0.2) is 19.9 Å². The summed E-state index contributed by atoms with van der Waals surface area (Å²) in [6, 6.07) is 11.2. The zero-order valence-corrected chi connectivity index (χ0v) is 14.6. The van der Waals surface area contributed by atoms with E-state index in [1.54, 1.807) is 18.7 Å². The van der Waals surface area contributed by atoms with Crippen LogP contribution < -0.4 is 5.32 Å². The zero-order valence-electron chi connectivity index (χ0n) is 14.6. The lowest BCUT2D eigenvalue weighted by Gasteiger charge is -2.22. The van der Waals surface area contributed by atoms with Gasteiger partial charge in [-0.2, -0.15) is 0 Å². The molecule has 3 unspecified atom stereocenters. The lowest BCUT2D eigenvalue weighted by molar-refractivity contribution is 0.300. The summed E-state index contributed by atoms with van der Waals surface area (Å²) < 4.78 is 0. The molecule has 1 aliphatic heterocycles. The first kappa shape index (κ1) is 15.6. The van der Waals surface area contributed by atoms with Crippen molar-refractivity contribution in [2.45, 2.75) is 25.4 Å². The van der Waals surface area contributed by atoms with E-state index in [1.165, 1.54) is 24.9 Å². The van der Waals surface area contributed by atoms with Crippen molar-refractivity contribution in [3.8, 4) is 0 Å². The molecule has 6 nitrogen and oxygen atoms in total. The van der Waals surface area contributed by atoms with Crippen LogP contribution in [0.15, 0.2) is 49.1 Å². The molecule has 26 heavy (non-hydrogen) atoms. The van der Waals surface area contributed by atoms with E-state index in [9.17, 15) is 0 Å². The number of nitrogens with one attached hydrogen (secondary N) is 1. The Bertz CT molecular complexity index is 894. The molecular formula is C20H22N6. The van der Waals surface area contributed by atoms with Gasteiger partial charge in [0.25, 0.3) is 0 Å². The monoisotopic (exact) mass is 346 g/mol. The summed E-state index contributed by atoms with van der Waals surface area (Å²) in [6.45, 7) is 3.39. The summed E-state index contributed by atoms with van der Waals surface area (Å²) >= 11 is 0. The number of rotatable bonds is 4. The van der Waals surface area contributed by atoms with Crippen molar-refractivity contribution in [2.24, 2.45) is 11.8 Å². The van der Waals surface area contributed by atoms with Crippen LogP contribution in [0.25, 0.3) is 11.2 Å². The van der Waals surface area contributed by atoms with Gasteiger partial charge >= 0.3 is 0 Å². The molecule has 3 atom stereocenters. The number of nitrogens with zero attached hydrogens (tertiary/aromatic N) is 5. The Hall–Kier alpha value is -2.60. The Morgan fingerprint density at radius 1 is 0.962 bits per heavy atom. The first-order valence-corrected chi connectivity index (χ1v) is 9.31. The smallest absolute Gasteiger partial charge is 0.183 e. The minimum absolute atomic E-state index is 0.445. The molecule has 2 fully saturated rings. The first-order chi connectivity index (χ1) is 12.9. The van der Waals surface area contributed by atoms with Crippen LogP contribution in [0.3, 0.4) is 0 Å². The fraction of sp³-hybridized carbons (Fsp3) is 0.400. The molecule has 0 bridgehead atoms. The van der Waals surface area contributed by atoms with Gasteiger partial charge in [-0.3, -0.25) is 4.90 Å². The summed E-state index contributed by atoms with van der Waals surface area (Å²) in [5.74, 6) is 2.26. The van der Waals surface area contributed by atoms with Gasteiger partial charge in [0.05, 0.1) is 0 Å². The molecule has 5 rings (SSSR count). The van der Waals surface area contributed by atoms with Crippen molar-refractivity contribution >= 4 is 17.0 Å². The van der Waals surface area contributed by atoms with Crippen LogP contribution in [-0.4, -0.2) is 44.0 Å². The number of anilines is 1. The van der Waals surface area contributed by atoms with Gasteiger partial charge in [0, 0.05) is 38.1 Å². The van der Waals surface area contributed by atoms with E-state index in [-0.39, 0.29) is 0 Å². The predicted molar refractivity (Wildman–Crippen MR) is 100 cm³/mol. The van der Waals surface area contributed by atoms with Gasteiger partial charge in [0.1, 0.15) is 11.8 Å². The molecule has 1 saturated heterocycles. The van der Waals surface area contributed by atoms with Gasteiger partial charge in [-0.1, -0.05) is 30.3 Å². The van der Waals surface area contributed by atoms with E-state index < -0.39 is 0 Å². The van der Waals surface area contributed by atoms with E-state index >= 15 is 0 Å². The molecule has 1 N–H and O–H groups in total. The Morgan fingerprint density at radius 3 is 2.77 bits per heavy atom. The van der Waals surface area contributed by atoms with Crippen LogP contribution in [-0.2, 0) is 6.54 Å². The highest BCUT2D eigenvalue weighted by Crippen LogP contribution is 2.40. The number of fused-ring (bicyclic) bond motifs is 2. The molecule has 3 aromatic rings. The Kier molecular flexibility index (Phi) is 3.97. The van der Waals surface area contributed by atoms with Gasteiger partial charge in [-0.15, -0.1) is 0 Å². The third-order valence-electron chi connectivity index (χ3n) is 5.77. The molecule has 2 aromatic heterocycles. The SMILES string of the molecule is c1ccc(CN2CC3CCC(Nc4ncnc5nccnc45)C3C2)cc1. The number of hydrogen-bond acceptors (Lipinski definition) is 6. The molecular weight excluding hydrogens is 324 g/mol. The van der Waals surface area contributed by atoms with Gasteiger partial charge < -0.3 is 5.32 Å². The molecule has 3 heterocycles. The van der Waals surface area contributed by atoms with E-state index in [0.717, 1.165) is 30.3 Å². The van der Waals surface area contributed by atoms with Crippen molar-refractivity contribution in [1.82, 2.24) is 24.8 Å². The maximum atomic E-state index is 4.43. The maximum Gasteiger partial charge on any atom is 0.183 e. The van der Waals surface area contributed by atoms with E-state index in [0.29, 0.717) is 17.6 Å². The Balaban J connectivity index is 1.31. The summed E-state index contributed by atoms with van der Waals surface area (Å²) in [6.07, 6.45) is 7.42. The number of likely N-dealkylation sites (tertiary alicyclic amines) is 1. The fourth-order valence-corrected chi connectivity index (χ4v) is 4.58. The summed E-state index contributed by atoms with van der Waals surface area (Å²) in [5, 5.41) is 3.66. The second-order valence-corrected chi connectivity index (χ2v) is 7.38. The maximum absolute atomic E-state index is 4.43. The summed E-state index contributed by atoms with van der Waals surface area (Å²) in [5.41, 5.74) is 2.81. The molecule has 0 amide bonds. The summed E-state index contributed by atoms with van der Waals surface area (Å²) in [4.78, 5) is 19.9. The predicted octanol–water partition coefficient (Wildman–Crippen LogP) is 2.74. The van der Waals surface area contributed by atoms with Crippen molar-refractivity contribution in [2.75, 3.05) is 18.4 Å². The average molecular weight is 346 g/mol. The normalized spacial score (nSPS) is 25.5. The highest BCUT2D eigenvalue weighted by atomic mass is 15.2. The molecule has 0 radical (unpaired) electrons. The largest absolute Gasteiger partial charge is 0.365 e. The van der Waals surface area contributed by atoms with Crippen LogP contribution in [0.2, 0.25) is 0 Å². The second-order valence-electron chi connectivity index (χ2n) is 7.38. The molecule has 132 valence electrons. The lowest BCUT2D eigenvalue weighted by atomic mass is 9.98. The Labute approximate surface area is 152 Å². The Morgan fingerprint density at radius 2 is 1.85 bits per heavy atom. The zero-order chi connectivity index (χ0) is 17.3. The minimum Gasteiger partial charge on any atom is -0.365 e. The topological polar surface area (TPSA) is 66.8 Å². The van der Waals surface area contributed by atoms with E-state index in [1.807, 2.05) is 0 Å². The molecule has 2 aliphatic rings. The molecule has 1 aromatic carbocycles. The quantitative estimate of drug-likeness (QED) is 0.783. The first-order valence-electron chi connectivity index (χ1n) is 9.31. The molecule has 1 aliphatic carbocycles. The van der Waals surface area contributed by atoms with Crippen molar-refractivity contribution in [1.29, 1.82) is 0 Å². The van der Waals surface area contributed by atoms with Gasteiger partial charge in [0.15, 0.2) is 11.5 Å². The third-order valence-corrected chi connectivity index (χ3v) is 5.77. The molecule has 6 heteroatoms. The lowest BCUT2D eigenvalue weighted by Crippen LogP contribution is -2.30. The average Bonchev–Trinajstić information content (AvgIpc) is 3.24. The standard InChI is InChI=1S/C20H22N6/c1-2-4-14(5-3-1)10-26-11-15-6-7-17(16(15)12-26)25-20-18-19(23-13-24-20)22-9-8-21-18/h1-5,8-9,13,15-17H,6-7,10-12H2,(H,22,23,24,25). The van der Waals surface area contributed by atoms with Crippen LogP contribution >= 0.6 is 0 Å². The number of benzene rings is 1. The molecule has 1 saturated carbocycles. The number of hydrogen-bond donors (Lipinski definition) is 1.